The number of amides is 2. The van der Waals surface area contributed by atoms with Crippen LogP contribution in [0.3, 0.4) is 0 Å². The fraction of sp³-hybridized carbons (Fsp3) is 0.100. The number of rotatable bonds is 6. The predicted molar refractivity (Wildman–Crippen MR) is 98.2 cm³/mol. The second-order valence-corrected chi connectivity index (χ2v) is 5.55. The van der Waals surface area contributed by atoms with Crippen molar-refractivity contribution in [3.05, 3.63) is 83.8 Å². The molecule has 0 fully saturated rings. The van der Waals surface area contributed by atoms with Gasteiger partial charge in [-0.05, 0) is 42.5 Å². The number of nitrogens with one attached hydrogen (secondary N) is 2. The molecule has 0 bridgehead atoms. The van der Waals surface area contributed by atoms with Gasteiger partial charge in [-0.25, -0.2) is 0 Å². The third kappa shape index (κ3) is 4.37. The molecule has 0 aliphatic carbocycles. The van der Waals surface area contributed by atoms with Crippen molar-refractivity contribution in [2.75, 3.05) is 17.7 Å². The Morgan fingerprint density at radius 1 is 0.885 bits per heavy atom. The lowest BCUT2D eigenvalue weighted by Crippen LogP contribution is -2.13. The highest BCUT2D eigenvalue weighted by Crippen LogP contribution is 2.18. The largest absolute Gasteiger partial charge is 0.453 e. The fourth-order valence-electron chi connectivity index (χ4n) is 2.38. The molecule has 0 unspecified atom stereocenters. The van der Waals surface area contributed by atoms with Gasteiger partial charge >= 0.3 is 0 Å². The number of carbonyl (C=O) groups excluding carboxylic acids is 2. The van der Waals surface area contributed by atoms with Crippen molar-refractivity contribution in [2.24, 2.45) is 0 Å². The van der Waals surface area contributed by atoms with E-state index in [1.807, 2.05) is 6.07 Å². The molecular weight excluding hydrogens is 332 g/mol. The van der Waals surface area contributed by atoms with Crippen molar-refractivity contribution in [3.63, 3.8) is 0 Å². The van der Waals surface area contributed by atoms with E-state index in [0.717, 1.165) is 0 Å². The van der Waals surface area contributed by atoms with Gasteiger partial charge in [-0.3, -0.25) is 9.59 Å². The minimum absolute atomic E-state index is 0.191. The molecule has 3 rings (SSSR count). The lowest BCUT2D eigenvalue weighted by molar-refractivity contribution is 0.0986. The van der Waals surface area contributed by atoms with E-state index in [0.29, 0.717) is 29.3 Å². The van der Waals surface area contributed by atoms with Crippen molar-refractivity contribution >= 4 is 23.2 Å². The summed E-state index contributed by atoms with van der Waals surface area (Å²) < 4.78 is 10.4. The number of methoxy groups -OCH3 is 1. The Morgan fingerprint density at radius 3 is 2.27 bits per heavy atom. The van der Waals surface area contributed by atoms with Crippen LogP contribution in [-0.4, -0.2) is 18.9 Å². The Morgan fingerprint density at radius 2 is 1.58 bits per heavy atom. The zero-order chi connectivity index (χ0) is 18.4. The molecule has 2 amide bonds. The van der Waals surface area contributed by atoms with Gasteiger partial charge in [-0.15, -0.1) is 0 Å². The minimum atomic E-state index is -0.376. The standard InChI is InChI=1S/C20H18N2O4/c1-25-13-17-10-11-18(26-17)20(24)22-16-9-5-8-15(12-16)21-19(23)14-6-3-2-4-7-14/h2-12H,13H2,1H3,(H,21,23)(H,22,24). The van der Waals surface area contributed by atoms with E-state index in [1.54, 1.807) is 67.8 Å². The van der Waals surface area contributed by atoms with Crippen LogP contribution in [0.25, 0.3) is 0 Å². The zero-order valence-electron chi connectivity index (χ0n) is 14.2. The average Bonchev–Trinajstić information content (AvgIpc) is 3.12. The molecule has 3 aromatic rings. The summed E-state index contributed by atoms with van der Waals surface area (Å²) in [4.78, 5) is 24.5. The first-order chi connectivity index (χ1) is 12.7. The highest BCUT2D eigenvalue weighted by Gasteiger charge is 2.12. The minimum Gasteiger partial charge on any atom is -0.453 e. The monoisotopic (exact) mass is 350 g/mol. The number of hydrogen-bond acceptors (Lipinski definition) is 4. The van der Waals surface area contributed by atoms with Gasteiger partial charge in [0.15, 0.2) is 5.76 Å². The van der Waals surface area contributed by atoms with Gasteiger partial charge in [0.05, 0.1) is 0 Å². The molecule has 1 aromatic heterocycles. The van der Waals surface area contributed by atoms with Crippen LogP contribution in [0.5, 0.6) is 0 Å². The normalized spacial score (nSPS) is 10.3. The maximum atomic E-state index is 12.3. The van der Waals surface area contributed by atoms with Crippen molar-refractivity contribution in [2.45, 2.75) is 6.61 Å². The van der Waals surface area contributed by atoms with Crippen LogP contribution in [0.1, 0.15) is 26.7 Å². The van der Waals surface area contributed by atoms with Crippen LogP contribution < -0.4 is 10.6 Å². The molecular formula is C20H18N2O4. The first-order valence-electron chi connectivity index (χ1n) is 8.01. The second kappa shape index (κ2) is 8.13. The molecule has 0 aliphatic rings. The number of hydrogen-bond donors (Lipinski definition) is 2. The third-order valence-electron chi connectivity index (χ3n) is 3.59. The van der Waals surface area contributed by atoms with Crippen LogP contribution >= 0.6 is 0 Å². The molecule has 0 atom stereocenters. The number of carbonyl (C=O) groups is 2. The lowest BCUT2D eigenvalue weighted by Gasteiger charge is -2.08. The molecule has 0 radical (unpaired) electrons. The Bertz CT molecular complexity index is 903. The Labute approximate surface area is 150 Å². The smallest absolute Gasteiger partial charge is 0.291 e. The van der Waals surface area contributed by atoms with Crippen LogP contribution in [0, 0.1) is 0 Å². The molecule has 0 aliphatic heterocycles. The Hall–Kier alpha value is -3.38. The van der Waals surface area contributed by atoms with E-state index in [-0.39, 0.29) is 17.6 Å². The van der Waals surface area contributed by atoms with E-state index >= 15 is 0 Å². The van der Waals surface area contributed by atoms with Crippen LogP contribution in [0.15, 0.2) is 71.1 Å². The van der Waals surface area contributed by atoms with Crippen molar-refractivity contribution < 1.29 is 18.7 Å². The maximum absolute atomic E-state index is 12.3. The quantitative estimate of drug-likeness (QED) is 0.706. The first kappa shape index (κ1) is 17.4. The van der Waals surface area contributed by atoms with E-state index < -0.39 is 0 Å². The van der Waals surface area contributed by atoms with Crippen molar-refractivity contribution in [1.29, 1.82) is 0 Å². The summed E-state index contributed by atoms with van der Waals surface area (Å²) in [7, 11) is 1.55. The van der Waals surface area contributed by atoms with Gasteiger partial charge in [-0.2, -0.15) is 0 Å². The summed E-state index contributed by atoms with van der Waals surface area (Å²) in [6.07, 6.45) is 0. The summed E-state index contributed by atoms with van der Waals surface area (Å²) in [6, 6.07) is 19.1. The van der Waals surface area contributed by atoms with Crippen LogP contribution in [-0.2, 0) is 11.3 Å². The summed E-state index contributed by atoms with van der Waals surface area (Å²) in [5, 5.41) is 5.54. The average molecular weight is 350 g/mol. The van der Waals surface area contributed by atoms with Crippen molar-refractivity contribution in [3.8, 4) is 0 Å². The van der Waals surface area contributed by atoms with Gasteiger partial charge in [0.25, 0.3) is 11.8 Å². The van der Waals surface area contributed by atoms with Crippen LogP contribution in [0.2, 0.25) is 0 Å². The second-order valence-electron chi connectivity index (χ2n) is 5.55. The summed E-state index contributed by atoms with van der Waals surface area (Å²) in [5.41, 5.74) is 1.69. The van der Waals surface area contributed by atoms with E-state index in [2.05, 4.69) is 10.6 Å². The highest BCUT2D eigenvalue weighted by molar-refractivity contribution is 6.05. The highest BCUT2D eigenvalue weighted by atomic mass is 16.5. The molecule has 0 saturated carbocycles. The van der Waals surface area contributed by atoms with E-state index in [1.165, 1.54) is 0 Å². The molecule has 26 heavy (non-hydrogen) atoms. The van der Waals surface area contributed by atoms with Gasteiger partial charge in [0.2, 0.25) is 0 Å². The van der Waals surface area contributed by atoms with Gasteiger partial charge in [0.1, 0.15) is 12.4 Å². The molecule has 6 nitrogen and oxygen atoms in total. The third-order valence-corrected chi connectivity index (χ3v) is 3.59. The SMILES string of the molecule is COCc1ccc(C(=O)Nc2cccc(NC(=O)c3ccccc3)c2)o1. The Balaban J connectivity index is 1.67. The molecule has 0 spiro atoms. The molecule has 2 aromatic carbocycles. The number of anilines is 2. The van der Waals surface area contributed by atoms with E-state index in [9.17, 15) is 9.59 Å². The van der Waals surface area contributed by atoms with Crippen LogP contribution in [0.4, 0.5) is 11.4 Å². The zero-order valence-corrected chi connectivity index (χ0v) is 14.2. The molecule has 2 N–H and O–H groups in total. The fourth-order valence-corrected chi connectivity index (χ4v) is 2.38. The number of ether oxygens (including phenoxy) is 1. The molecule has 1 heterocycles. The summed E-state index contributed by atoms with van der Waals surface area (Å²) >= 11 is 0. The number of benzene rings is 2. The van der Waals surface area contributed by atoms with E-state index in [4.69, 9.17) is 9.15 Å². The number of furan rings is 1. The predicted octanol–water partition coefficient (Wildman–Crippen LogP) is 3.93. The van der Waals surface area contributed by atoms with Gasteiger partial charge < -0.3 is 19.8 Å². The molecule has 0 saturated heterocycles. The topological polar surface area (TPSA) is 80.6 Å². The maximum Gasteiger partial charge on any atom is 0.291 e. The van der Waals surface area contributed by atoms with Gasteiger partial charge in [0, 0.05) is 24.0 Å². The lowest BCUT2D eigenvalue weighted by atomic mass is 10.2. The first-order valence-corrected chi connectivity index (χ1v) is 8.01. The summed E-state index contributed by atoms with van der Waals surface area (Å²) in [5.74, 6) is 0.167. The van der Waals surface area contributed by atoms with Crippen molar-refractivity contribution in [1.82, 2.24) is 0 Å². The van der Waals surface area contributed by atoms with Gasteiger partial charge in [-0.1, -0.05) is 24.3 Å². The molecule has 6 heteroatoms. The Kier molecular flexibility index (Phi) is 5.46. The molecule has 132 valence electrons. The summed E-state index contributed by atoms with van der Waals surface area (Å²) in [6.45, 7) is 0.300.